The Labute approximate surface area is 134 Å². The highest BCUT2D eigenvalue weighted by molar-refractivity contribution is 5.90. The molecule has 0 spiro atoms. The molecule has 122 valence electrons. The number of rotatable bonds is 3. The van der Waals surface area contributed by atoms with Crippen molar-refractivity contribution in [2.75, 3.05) is 49.2 Å². The van der Waals surface area contributed by atoms with Gasteiger partial charge in [-0.25, -0.2) is 9.18 Å². The molecule has 1 atom stereocenters. The number of anilines is 2. The molecule has 0 unspecified atom stereocenters. The van der Waals surface area contributed by atoms with Gasteiger partial charge in [0.05, 0.1) is 31.1 Å². The van der Waals surface area contributed by atoms with Gasteiger partial charge in [-0.3, -0.25) is 4.90 Å². The van der Waals surface area contributed by atoms with Crippen LogP contribution in [0, 0.1) is 5.82 Å². The zero-order valence-corrected chi connectivity index (χ0v) is 12.9. The SMILES string of the molecule is Cl.NC[C@H]1CN(c2ccc(N3CCOCC3)c(F)c2)C(=O)O1. The Morgan fingerprint density at radius 2 is 2.05 bits per heavy atom. The number of carbonyl (C=O) groups is 1. The number of hydrogen-bond donors (Lipinski definition) is 1. The molecule has 2 saturated heterocycles. The molecule has 0 radical (unpaired) electrons. The number of carbonyl (C=O) groups excluding carboxylic acids is 1. The van der Waals surface area contributed by atoms with Crippen LogP contribution in [-0.2, 0) is 9.47 Å². The van der Waals surface area contributed by atoms with E-state index in [4.69, 9.17) is 15.2 Å². The Kier molecular flexibility index (Phi) is 5.44. The van der Waals surface area contributed by atoms with E-state index in [1.165, 1.54) is 11.0 Å². The van der Waals surface area contributed by atoms with Gasteiger partial charge in [-0.2, -0.15) is 0 Å². The molecule has 2 fully saturated rings. The summed E-state index contributed by atoms with van der Waals surface area (Å²) in [7, 11) is 0. The average Bonchev–Trinajstić information content (AvgIpc) is 2.89. The fourth-order valence-electron chi connectivity index (χ4n) is 2.58. The molecule has 22 heavy (non-hydrogen) atoms. The highest BCUT2D eigenvalue weighted by Gasteiger charge is 2.32. The number of benzene rings is 1. The van der Waals surface area contributed by atoms with E-state index < -0.39 is 6.09 Å². The van der Waals surface area contributed by atoms with Gasteiger partial charge >= 0.3 is 6.09 Å². The number of ether oxygens (including phenoxy) is 2. The van der Waals surface area contributed by atoms with Crippen LogP contribution in [0.2, 0.25) is 0 Å². The standard InChI is InChI=1S/C14H18FN3O3.ClH/c15-12-7-10(18-9-11(8-16)21-14(18)19)1-2-13(12)17-3-5-20-6-4-17;/h1-2,7,11H,3-6,8-9,16H2;1H/t11-;/m0./s1. The van der Waals surface area contributed by atoms with Crippen molar-refractivity contribution in [3.05, 3.63) is 24.0 Å². The summed E-state index contributed by atoms with van der Waals surface area (Å²) in [6.07, 6.45) is -0.816. The third-order valence-corrected chi connectivity index (χ3v) is 3.73. The van der Waals surface area contributed by atoms with E-state index in [-0.39, 0.29) is 30.9 Å². The van der Waals surface area contributed by atoms with Gasteiger partial charge in [0.15, 0.2) is 0 Å². The topological polar surface area (TPSA) is 68.0 Å². The molecule has 3 rings (SSSR count). The maximum atomic E-state index is 14.3. The number of amides is 1. The lowest BCUT2D eigenvalue weighted by Gasteiger charge is -2.29. The highest BCUT2D eigenvalue weighted by atomic mass is 35.5. The van der Waals surface area contributed by atoms with Crippen molar-refractivity contribution in [3.63, 3.8) is 0 Å². The van der Waals surface area contributed by atoms with E-state index in [0.717, 1.165) is 0 Å². The van der Waals surface area contributed by atoms with Crippen LogP contribution in [0.3, 0.4) is 0 Å². The number of morpholine rings is 1. The van der Waals surface area contributed by atoms with Gasteiger partial charge in [-0.1, -0.05) is 0 Å². The summed E-state index contributed by atoms with van der Waals surface area (Å²) in [5, 5.41) is 0. The third kappa shape index (κ3) is 3.26. The van der Waals surface area contributed by atoms with Gasteiger partial charge in [0.2, 0.25) is 0 Å². The molecule has 2 N–H and O–H groups in total. The summed E-state index contributed by atoms with van der Waals surface area (Å²) in [5.41, 5.74) is 6.51. The fourth-order valence-corrected chi connectivity index (χ4v) is 2.58. The van der Waals surface area contributed by atoms with E-state index in [9.17, 15) is 9.18 Å². The van der Waals surface area contributed by atoms with Crippen molar-refractivity contribution in [2.24, 2.45) is 5.73 Å². The van der Waals surface area contributed by atoms with Crippen LogP contribution in [-0.4, -0.2) is 51.6 Å². The minimum absolute atomic E-state index is 0. The van der Waals surface area contributed by atoms with Crippen molar-refractivity contribution in [1.29, 1.82) is 0 Å². The van der Waals surface area contributed by atoms with Crippen LogP contribution in [0.4, 0.5) is 20.6 Å². The smallest absolute Gasteiger partial charge is 0.414 e. The fraction of sp³-hybridized carbons (Fsp3) is 0.500. The summed E-state index contributed by atoms with van der Waals surface area (Å²) < 4.78 is 24.6. The van der Waals surface area contributed by atoms with Crippen molar-refractivity contribution in [2.45, 2.75) is 6.10 Å². The monoisotopic (exact) mass is 331 g/mol. The van der Waals surface area contributed by atoms with Crippen molar-refractivity contribution in [3.8, 4) is 0 Å². The lowest BCUT2D eigenvalue weighted by Crippen LogP contribution is -2.36. The summed E-state index contributed by atoms with van der Waals surface area (Å²) in [4.78, 5) is 15.1. The number of halogens is 2. The molecule has 2 aliphatic heterocycles. The van der Waals surface area contributed by atoms with Crippen LogP contribution >= 0.6 is 12.4 Å². The Morgan fingerprint density at radius 1 is 1.32 bits per heavy atom. The number of nitrogens with two attached hydrogens (primary N) is 1. The zero-order chi connectivity index (χ0) is 14.8. The maximum absolute atomic E-state index is 14.3. The predicted molar refractivity (Wildman–Crippen MR) is 83.3 cm³/mol. The van der Waals surface area contributed by atoms with E-state index >= 15 is 0 Å². The molecule has 2 heterocycles. The minimum atomic E-state index is -0.482. The first kappa shape index (κ1) is 16.8. The van der Waals surface area contributed by atoms with Crippen LogP contribution in [0.15, 0.2) is 18.2 Å². The molecule has 1 aromatic carbocycles. The third-order valence-electron chi connectivity index (χ3n) is 3.73. The van der Waals surface area contributed by atoms with E-state index in [0.29, 0.717) is 44.2 Å². The van der Waals surface area contributed by atoms with Crippen LogP contribution in [0.1, 0.15) is 0 Å². The molecular weight excluding hydrogens is 313 g/mol. The first-order valence-corrected chi connectivity index (χ1v) is 6.99. The number of hydrogen-bond acceptors (Lipinski definition) is 5. The number of nitrogens with zero attached hydrogens (tertiary/aromatic N) is 2. The maximum Gasteiger partial charge on any atom is 0.414 e. The molecule has 1 amide bonds. The second kappa shape index (κ2) is 7.13. The van der Waals surface area contributed by atoms with Crippen molar-refractivity contribution < 1.29 is 18.7 Å². The van der Waals surface area contributed by atoms with E-state index in [1.807, 2.05) is 4.90 Å². The second-order valence-electron chi connectivity index (χ2n) is 5.09. The van der Waals surface area contributed by atoms with Gasteiger partial charge in [0.1, 0.15) is 11.9 Å². The van der Waals surface area contributed by atoms with Crippen molar-refractivity contribution in [1.82, 2.24) is 0 Å². The molecule has 1 aromatic rings. The Hall–Kier alpha value is -1.57. The van der Waals surface area contributed by atoms with Crippen LogP contribution in [0.25, 0.3) is 0 Å². The normalized spacial score (nSPS) is 21.5. The van der Waals surface area contributed by atoms with Gasteiger partial charge in [0, 0.05) is 19.6 Å². The number of cyclic esters (lactones) is 1. The Balaban J connectivity index is 0.00000176. The van der Waals surface area contributed by atoms with Crippen LogP contribution < -0.4 is 15.5 Å². The zero-order valence-electron chi connectivity index (χ0n) is 12.0. The molecule has 6 nitrogen and oxygen atoms in total. The molecule has 0 aromatic heterocycles. The second-order valence-corrected chi connectivity index (χ2v) is 5.09. The first-order chi connectivity index (χ1) is 10.2. The summed E-state index contributed by atoms with van der Waals surface area (Å²) in [6, 6.07) is 4.79. The highest BCUT2D eigenvalue weighted by Crippen LogP contribution is 2.28. The van der Waals surface area contributed by atoms with Crippen molar-refractivity contribution >= 4 is 29.9 Å². The predicted octanol–water partition coefficient (Wildman–Crippen LogP) is 1.37. The molecule has 8 heteroatoms. The van der Waals surface area contributed by atoms with E-state index in [2.05, 4.69) is 0 Å². The Bertz CT molecular complexity index is 540. The summed E-state index contributed by atoms with van der Waals surface area (Å²) in [6.45, 7) is 3.13. The van der Waals surface area contributed by atoms with Gasteiger partial charge < -0.3 is 20.1 Å². The quantitative estimate of drug-likeness (QED) is 0.906. The van der Waals surface area contributed by atoms with Crippen LogP contribution in [0.5, 0.6) is 0 Å². The molecule has 0 aliphatic carbocycles. The molecular formula is C14H19ClFN3O3. The first-order valence-electron chi connectivity index (χ1n) is 6.99. The lowest BCUT2D eigenvalue weighted by molar-refractivity contribution is 0.122. The molecule has 2 aliphatic rings. The summed E-state index contributed by atoms with van der Waals surface area (Å²) in [5.74, 6) is -0.349. The minimum Gasteiger partial charge on any atom is -0.443 e. The average molecular weight is 332 g/mol. The molecule has 0 saturated carbocycles. The van der Waals surface area contributed by atoms with Gasteiger partial charge in [-0.15, -0.1) is 12.4 Å². The Morgan fingerprint density at radius 3 is 2.64 bits per heavy atom. The molecule has 0 bridgehead atoms. The lowest BCUT2D eigenvalue weighted by atomic mass is 10.2. The van der Waals surface area contributed by atoms with Gasteiger partial charge in [0.25, 0.3) is 0 Å². The largest absolute Gasteiger partial charge is 0.443 e. The summed E-state index contributed by atoms with van der Waals surface area (Å²) >= 11 is 0. The van der Waals surface area contributed by atoms with Gasteiger partial charge in [-0.05, 0) is 18.2 Å². The van der Waals surface area contributed by atoms with E-state index in [1.54, 1.807) is 12.1 Å².